The van der Waals surface area contributed by atoms with Gasteiger partial charge in [0.2, 0.25) is 0 Å². The average molecular weight is 279 g/mol. The van der Waals surface area contributed by atoms with Crippen molar-refractivity contribution in [2.75, 3.05) is 0 Å². The summed E-state index contributed by atoms with van der Waals surface area (Å²) >= 11 is 7.00. The summed E-state index contributed by atoms with van der Waals surface area (Å²) in [6.45, 7) is 0.235. The van der Waals surface area contributed by atoms with E-state index in [9.17, 15) is 4.79 Å². The molecule has 7 heteroatoms. The van der Waals surface area contributed by atoms with Crippen molar-refractivity contribution in [3.05, 3.63) is 50.8 Å². The summed E-state index contributed by atoms with van der Waals surface area (Å²) in [5.41, 5.74) is 0.406. The molecule has 3 aromatic rings. The molecule has 90 valence electrons. The quantitative estimate of drug-likeness (QED) is 0.719. The molecule has 18 heavy (non-hydrogen) atoms. The molecule has 0 saturated carbocycles. The van der Waals surface area contributed by atoms with E-state index in [-0.39, 0.29) is 12.1 Å². The van der Waals surface area contributed by atoms with Crippen molar-refractivity contribution in [3.8, 4) is 0 Å². The first kappa shape index (κ1) is 11.3. The molecule has 0 fully saturated rings. The lowest BCUT2D eigenvalue weighted by atomic mass is 10.2. The van der Waals surface area contributed by atoms with Crippen LogP contribution in [0.2, 0.25) is 4.34 Å². The van der Waals surface area contributed by atoms with E-state index in [0.29, 0.717) is 15.4 Å². The largest absolute Gasteiger partial charge is 0.274 e. The third-order valence-electron chi connectivity index (χ3n) is 2.57. The highest BCUT2D eigenvalue weighted by Crippen LogP contribution is 2.17. The fourth-order valence-corrected chi connectivity index (χ4v) is 2.29. The van der Waals surface area contributed by atoms with Crippen molar-refractivity contribution >= 4 is 33.9 Å². The Hall–Kier alpha value is -1.79. The summed E-state index contributed by atoms with van der Waals surface area (Å²) in [5.74, 6) is 0. The van der Waals surface area contributed by atoms with Gasteiger partial charge in [-0.2, -0.15) is 5.10 Å². The molecule has 5 nitrogen and oxygen atoms in total. The average Bonchev–Trinajstić information content (AvgIpc) is 2.79. The van der Waals surface area contributed by atoms with E-state index >= 15 is 0 Å². The first-order valence-corrected chi connectivity index (χ1v) is 6.32. The van der Waals surface area contributed by atoms with Crippen molar-refractivity contribution < 1.29 is 0 Å². The maximum absolute atomic E-state index is 12.2. The highest BCUT2D eigenvalue weighted by molar-refractivity contribution is 7.10. The second-order valence-corrected chi connectivity index (χ2v) is 5.04. The number of benzene rings is 1. The van der Waals surface area contributed by atoms with Crippen molar-refractivity contribution in [1.29, 1.82) is 0 Å². The third kappa shape index (κ3) is 1.89. The van der Waals surface area contributed by atoms with Crippen LogP contribution in [0.15, 0.2) is 35.3 Å². The van der Waals surface area contributed by atoms with Gasteiger partial charge in [0.1, 0.15) is 10.0 Å². The fraction of sp³-hybridized carbons (Fsp3) is 0.0909. The van der Waals surface area contributed by atoms with Crippen molar-refractivity contribution in [2.45, 2.75) is 6.54 Å². The molecule has 0 aliphatic heterocycles. The van der Waals surface area contributed by atoms with Crippen LogP contribution in [0.3, 0.4) is 0 Å². The second-order valence-electron chi connectivity index (χ2n) is 3.69. The Kier molecular flexibility index (Phi) is 2.81. The molecular weight excluding hydrogens is 272 g/mol. The van der Waals surface area contributed by atoms with E-state index in [0.717, 1.165) is 16.9 Å². The van der Waals surface area contributed by atoms with E-state index in [1.807, 2.05) is 18.2 Å². The van der Waals surface area contributed by atoms with E-state index in [2.05, 4.69) is 14.7 Å². The van der Waals surface area contributed by atoms with E-state index < -0.39 is 0 Å². The topological polar surface area (TPSA) is 60.7 Å². The minimum absolute atomic E-state index is 0.155. The Bertz CT molecular complexity index is 767. The van der Waals surface area contributed by atoms with Crippen LogP contribution >= 0.6 is 23.1 Å². The zero-order chi connectivity index (χ0) is 12.5. The minimum atomic E-state index is -0.155. The molecule has 0 saturated heterocycles. The number of hydrogen-bond acceptors (Lipinski definition) is 5. The van der Waals surface area contributed by atoms with Crippen LogP contribution in [0.1, 0.15) is 5.69 Å². The highest BCUT2D eigenvalue weighted by Gasteiger charge is 2.09. The molecule has 0 aliphatic carbocycles. The highest BCUT2D eigenvalue weighted by atomic mass is 35.5. The van der Waals surface area contributed by atoms with Gasteiger partial charge in [-0.25, -0.2) is 4.68 Å². The van der Waals surface area contributed by atoms with Gasteiger partial charge < -0.3 is 0 Å². The van der Waals surface area contributed by atoms with Crippen LogP contribution in [0, 0.1) is 0 Å². The van der Waals surface area contributed by atoms with Gasteiger partial charge in [0.15, 0.2) is 0 Å². The Labute approximate surface area is 111 Å². The normalized spacial score (nSPS) is 10.9. The first-order chi connectivity index (χ1) is 8.75. The van der Waals surface area contributed by atoms with Gasteiger partial charge in [-0.05, 0) is 6.07 Å². The van der Waals surface area contributed by atoms with Gasteiger partial charge in [0, 0.05) is 16.9 Å². The van der Waals surface area contributed by atoms with Crippen molar-refractivity contribution in [2.24, 2.45) is 0 Å². The molecular formula is C11H7ClN4OS. The minimum Gasteiger partial charge on any atom is -0.267 e. The molecule has 0 radical (unpaired) electrons. The summed E-state index contributed by atoms with van der Waals surface area (Å²) in [6.07, 6.45) is 1.66. The predicted octanol–water partition coefficient (Wildman–Crippen LogP) is 1.95. The Morgan fingerprint density at radius 1 is 1.33 bits per heavy atom. The van der Waals surface area contributed by atoms with Crippen LogP contribution in [-0.2, 0) is 6.54 Å². The van der Waals surface area contributed by atoms with E-state index in [1.165, 1.54) is 4.68 Å². The molecule has 0 aliphatic rings. The summed E-state index contributed by atoms with van der Waals surface area (Å²) in [4.78, 5) is 12.2. The van der Waals surface area contributed by atoms with Crippen LogP contribution in [-0.4, -0.2) is 19.4 Å². The van der Waals surface area contributed by atoms with E-state index in [4.69, 9.17) is 11.6 Å². The van der Waals surface area contributed by atoms with Crippen LogP contribution in [0.5, 0.6) is 0 Å². The zero-order valence-electron chi connectivity index (χ0n) is 9.08. The Balaban J connectivity index is 2.11. The lowest BCUT2D eigenvalue weighted by Crippen LogP contribution is -2.23. The summed E-state index contributed by atoms with van der Waals surface area (Å²) < 4.78 is 5.55. The number of aromatic nitrogens is 4. The molecule has 0 bridgehead atoms. The van der Waals surface area contributed by atoms with Crippen LogP contribution in [0.4, 0.5) is 0 Å². The number of fused-ring (bicyclic) bond motifs is 1. The molecule has 1 aromatic carbocycles. The summed E-state index contributed by atoms with van der Waals surface area (Å²) in [7, 11) is 0. The van der Waals surface area contributed by atoms with Crippen molar-refractivity contribution in [1.82, 2.24) is 19.4 Å². The summed E-state index contributed by atoms with van der Waals surface area (Å²) in [6, 6.07) is 7.32. The fourth-order valence-electron chi connectivity index (χ4n) is 1.67. The maximum Gasteiger partial charge on any atom is 0.274 e. The number of halogens is 1. The molecule has 0 spiro atoms. The van der Waals surface area contributed by atoms with Gasteiger partial charge in [0.25, 0.3) is 5.56 Å². The second kappa shape index (κ2) is 4.47. The SMILES string of the molecule is O=c1c2ccccc2cnn1Cc1nnsc1Cl. The third-order valence-corrected chi connectivity index (χ3v) is 3.56. The first-order valence-electron chi connectivity index (χ1n) is 5.17. The molecule has 0 atom stereocenters. The van der Waals surface area contributed by atoms with Gasteiger partial charge in [-0.15, -0.1) is 5.10 Å². The molecule has 3 rings (SSSR count). The number of hydrogen-bond donors (Lipinski definition) is 0. The maximum atomic E-state index is 12.2. The number of nitrogens with zero attached hydrogens (tertiary/aromatic N) is 4. The van der Waals surface area contributed by atoms with Crippen LogP contribution < -0.4 is 5.56 Å². The van der Waals surface area contributed by atoms with Gasteiger partial charge in [0.05, 0.1) is 18.1 Å². The monoisotopic (exact) mass is 278 g/mol. The molecule has 0 unspecified atom stereocenters. The van der Waals surface area contributed by atoms with E-state index in [1.54, 1.807) is 12.3 Å². The zero-order valence-corrected chi connectivity index (χ0v) is 10.6. The summed E-state index contributed by atoms with van der Waals surface area (Å²) in [5, 5.41) is 9.43. The molecule has 2 aromatic heterocycles. The van der Waals surface area contributed by atoms with Gasteiger partial charge in [-0.1, -0.05) is 34.3 Å². The standard InChI is InChI=1S/C11H7ClN4OS/c12-10-9(14-15-18-10)6-16-11(17)8-4-2-1-3-7(8)5-13-16/h1-5H,6H2. The lowest BCUT2D eigenvalue weighted by molar-refractivity contribution is 0.634. The van der Waals surface area contributed by atoms with Gasteiger partial charge in [-0.3, -0.25) is 4.79 Å². The predicted molar refractivity (Wildman–Crippen MR) is 70.0 cm³/mol. The van der Waals surface area contributed by atoms with Gasteiger partial charge >= 0.3 is 0 Å². The smallest absolute Gasteiger partial charge is 0.267 e. The van der Waals surface area contributed by atoms with Crippen LogP contribution in [0.25, 0.3) is 10.8 Å². The number of rotatable bonds is 2. The molecule has 0 N–H and O–H groups in total. The van der Waals surface area contributed by atoms with Crippen molar-refractivity contribution in [3.63, 3.8) is 0 Å². The molecule has 0 amide bonds. The Morgan fingerprint density at radius 3 is 2.94 bits per heavy atom. The lowest BCUT2D eigenvalue weighted by Gasteiger charge is -2.03. The Morgan fingerprint density at radius 2 is 2.17 bits per heavy atom. The molecule has 2 heterocycles.